The maximum atomic E-state index is 13.1. The Morgan fingerprint density at radius 3 is 2.74 bits per heavy atom. The molecule has 1 aliphatic rings. The minimum Gasteiger partial charge on any atom is -0.312 e. The Kier molecular flexibility index (Phi) is 4.34. The lowest BCUT2D eigenvalue weighted by atomic mass is 10.1. The van der Waals surface area contributed by atoms with E-state index in [9.17, 15) is 9.59 Å². The number of aromatic nitrogens is 4. The number of aryl methyl sites for hydroxylation is 1. The van der Waals surface area contributed by atoms with Crippen molar-refractivity contribution in [2.75, 3.05) is 11.4 Å². The fourth-order valence-electron chi connectivity index (χ4n) is 3.79. The van der Waals surface area contributed by atoms with Crippen molar-refractivity contribution in [1.29, 1.82) is 0 Å². The summed E-state index contributed by atoms with van der Waals surface area (Å²) in [4.78, 5) is 32.4. The van der Waals surface area contributed by atoms with E-state index in [0.717, 1.165) is 12.2 Å². The van der Waals surface area contributed by atoms with Crippen molar-refractivity contribution in [2.24, 2.45) is 13.0 Å². The van der Waals surface area contributed by atoms with Crippen LogP contribution < -0.4 is 16.1 Å². The van der Waals surface area contributed by atoms with Gasteiger partial charge in [-0.2, -0.15) is 4.98 Å². The third kappa shape index (κ3) is 2.77. The molecule has 0 saturated heterocycles. The van der Waals surface area contributed by atoms with Crippen molar-refractivity contribution in [3.05, 3.63) is 50.1 Å². The number of imidazole rings is 1. The van der Waals surface area contributed by atoms with Crippen LogP contribution in [0.2, 0.25) is 5.02 Å². The molecule has 0 fully saturated rings. The highest BCUT2D eigenvalue weighted by atomic mass is 35.5. The topological polar surface area (TPSA) is 65.1 Å². The number of anilines is 2. The fourth-order valence-corrected chi connectivity index (χ4v) is 3.97. The smallest absolute Gasteiger partial charge is 0.312 e. The van der Waals surface area contributed by atoms with Gasteiger partial charge in [-0.15, -0.1) is 0 Å². The molecule has 0 amide bonds. The van der Waals surface area contributed by atoms with E-state index in [1.165, 1.54) is 9.13 Å². The summed E-state index contributed by atoms with van der Waals surface area (Å²) in [6.45, 7) is 5.93. The van der Waals surface area contributed by atoms with Crippen molar-refractivity contribution in [3.8, 4) is 0 Å². The minimum atomic E-state index is -0.327. The lowest BCUT2D eigenvalue weighted by Gasteiger charge is -2.33. The SMILES string of the molecule is CCCn1c(=O)c2c(nc3n2CC(C)CN3c2cccc(Cl)c2)n(C)c1=O. The molecule has 0 saturated carbocycles. The molecule has 0 bridgehead atoms. The van der Waals surface area contributed by atoms with Gasteiger partial charge in [-0.25, -0.2) is 4.79 Å². The molecule has 1 aromatic carbocycles. The Hall–Kier alpha value is -2.54. The zero-order valence-electron chi connectivity index (χ0n) is 15.6. The summed E-state index contributed by atoms with van der Waals surface area (Å²) < 4.78 is 4.72. The molecule has 27 heavy (non-hydrogen) atoms. The van der Waals surface area contributed by atoms with E-state index in [4.69, 9.17) is 16.6 Å². The average molecular weight is 388 g/mol. The molecule has 4 rings (SSSR count). The molecule has 7 nitrogen and oxygen atoms in total. The quantitative estimate of drug-likeness (QED) is 0.693. The molecule has 0 radical (unpaired) electrons. The van der Waals surface area contributed by atoms with Gasteiger partial charge in [0.1, 0.15) is 0 Å². The van der Waals surface area contributed by atoms with Crippen LogP contribution in [0.15, 0.2) is 33.9 Å². The molecule has 0 N–H and O–H groups in total. The van der Waals surface area contributed by atoms with Gasteiger partial charge in [0.15, 0.2) is 11.2 Å². The van der Waals surface area contributed by atoms with Crippen molar-refractivity contribution in [3.63, 3.8) is 0 Å². The van der Waals surface area contributed by atoms with Gasteiger partial charge in [-0.3, -0.25) is 13.9 Å². The Bertz CT molecular complexity index is 1140. The number of rotatable bonds is 3. The van der Waals surface area contributed by atoms with Crippen LogP contribution in [0, 0.1) is 5.92 Å². The standard InChI is InChI=1S/C19H22ClN5O2/c1-4-8-23-17(26)15-16(22(3)19(23)27)21-18-24(10-12(2)11-25(15)18)14-7-5-6-13(20)9-14/h5-7,9,12H,4,8,10-11H2,1-3H3. The maximum Gasteiger partial charge on any atom is 0.332 e. The van der Waals surface area contributed by atoms with Gasteiger partial charge >= 0.3 is 5.69 Å². The summed E-state index contributed by atoms with van der Waals surface area (Å²) in [7, 11) is 1.67. The Morgan fingerprint density at radius 1 is 1.26 bits per heavy atom. The number of hydrogen-bond acceptors (Lipinski definition) is 4. The normalized spacial score (nSPS) is 16.7. The van der Waals surface area contributed by atoms with Gasteiger partial charge < -0.3 is 9.47 Å². The van der Waals surface area contributed by atoms with Crippen molar-refractivity contribution in [1.82, 2.24) is 18.7 Å². The van der Waals surface area contributed by atoms with Gasteiger partial charge in [0.05, 0.1) is 0 Å². The third-order valence-electron chi connectivity index (χ3n) is 5.01. The van der Waals surface area contributed by atoms with Crippen LogP contribution in [0.4, 0.5) is 11.6 Å². The first-order valence-corrected chi connectivity index (χ1v) is 9.53. The lowest BCUT2D eigenvalue weighted by molar-refractivity contribution is 0.457. The molecule has 142 valence electrons. The van der Waals surface area contributed by atoms with E-state index >= 15 is 0 Å². The molecule has 3 aromatic rings. The highest BCUT2D eigenvalue weighted by Gasteiger charge is 2.29. The highest BCUT2D eigenvalue weighted by molar-refractivity contribution is 6.30. The maximum absolute atomic E-state index is 13.1. The van der Waals surface area contributed by atoms with E-state index in [1.807, 2.05) is 35.8 Å². The molecule has 2 aromatic heterocycles. The van der Waals surface area contributed by atoms with Crippen molar-refractivity contribution in [2.45, 2.75) is 33.4 Å². The van der Waals surface area contributed by atoms with Crippen LogP contribution in [0.3, 0.4) is 0 Å². The van der Waals surface area contributed by atoms with Gasteiger partial charge in [0, 0.05) is 37.4 Å². The number of hydrogen-bond donors (Lipinski definition) is 0. The molecule has 0 aliphatic carbocycles. The summed E-state index contributed by atoms with van der Waals surface area (Å²) in [5.74, 6) is 0.983. The second kappa shape index (κ2) is 6.56. The number of halogens is 1. The van der Waals surface area contributed by atoms with Crippen molar-refractivity contribution >= 4 is 34.4 Å². The minimum absolute atomic E-state index is 0.270. The molecular weight excluding hydrogens is 366 g/mol. The predicted molar refractivity (Wildman–Crippen MR) is 107 cm³/mol. The lowest BCUT2D eigenvalue weighted by Crippen LogP contribution is -2.40. The van der Waals surface area contributed by atoms with Crippen LogP contribution in [-0.2, 0) is 20.1 Å². The summed E-state index contributed by atoms with van der Waals surface area (Å²) in [5.41, 5.74) is 1.23. The summed E-state index contributed by atoms with van der Waals surface area (Å²) in [5, 5.41) is 0.645. The molecule has 8 heteroatoms. The van der Waals surface area contributed by atoms with Gasteiger partial charge in [0.25, 0.3) is 5.56 Å². The molecule has 3 heterocycles. The molecule has 1 aliphatic heterocycles. The first-order valence-electron chi connectivity index (χ1n) is 9.15. The van der Waals surface area contributed by atoms with Crippen LogP contribution in [-0.4, -0.2) is 25.2 Å². The van der Waals surface area contributed by atoms with E-state index in [-0.39, 0.29) is 11.2 Å². The van der Waals surface area contributed by atoms with Gasteiger partial charge in [0.2, 0.25) is 5.95 Å². The van der Waals surface area contributed by atoms with E-state index in [1.54, 1.807) is 7.05 Å². The Labute approximate surface area is 161 Å². The number of benzene rings is 1. The molecule has 0 spiro atoms. The zero-order valence-corrected chi connectivity index (χ0v) is 16.4. The van der Waals surface area contributed by atoms with E-state index in [0.29, 0.717) is 47.6 Å². The number of fused-ring (bicyclic) bond motifs is 3. The first kappa shape index (κ1) is 17.9. The van der Waals surface area contributed by atoms with Crippen LogP contribution in [0.1, 0.15) is 20.3 Å². The van der Waals surface area contributed by atoms with E-state index in [2.05, 4.69) is 11.8 Å². The molecular formula is C19H22ClN5O2. The Morgan fingerprint density at radius 2 is 2.04 bits per heavy atom. The van der Waals surface area contributed by atoms with Crippen molar-refractivity contribution < 1.29 is 0 Å². The van der Waals surface area contributed by atoms with Crippen LogP contribution >= 0.6 is 11.6 Å². The molecule has 1 atom stereocenters. The fraction of sp³-hybridized carbons (Fsp3) is 0.421. The number of nitrogens with zero attached hydrogens (tertiary/aromatic N) is 5. The zero-order chi connectivity index (χ0) is 19.3. The Balaban J connectivity index is 2.02. The average Bonchev–Trinajstić information content (AvgIpc) is 3.02. The monoisotopic (exact) mass is 387 g/mol. The summed E-state index contributed by atoms with van der Waals surface area (Å²) in [6, 6.07) is 7.59. The first-order chi connectivity index (χ1) is 12.9. The molecule has 1 unspecified atom stereocenters. The van der Waals surface area contributed by atoms with Crippen LogP contribution in [0.25, 0.3) is 11.2 Å². The van der Waals surface area contributed by atoms with E-state index < -0.39 is 0 Å². The third-order valence-corrected chi connectivity index (χ3v) is 5.24. The highest BCUT2D eigenvalue weighted by Crippen LogP contribution is 2.33. The van der Waals surface area contributed by atoms with Gasteiger partial charge in [-0.05, 0) is 30.5 Å². The second-order valence-corrected chi connectivity index (χ2v) is 7.63. The predicted octanol–water partition coefficient (Wildman–Crippen LogP) is 2.75. The second-order valence-electron chi connectivity index (χ2n) is 7.19. The summed E-state index contributed by atoms with van der Waals surface area (Å²) >= 11 is 6.18. The summed E-state index contributed by atoms with van der Waals surface area (Å²) in [6.07, 6.45) is 0.715. The van der Waals surface area contributed by atoms with Gasteiger partial charge in [-0.1, -0.05) is 31.5 Å². The largest absolute Gasteiger partial charge is 0.332 e. The van der Waals surface area contributed by atoms with Crippen LogP contribution in [0.5, 0.6) is 0 Å².